The van der Waals surface area contributed by atoms with Crippen LogP contribution in [0.2, 0.25) is 0 Å². The van der Waals surface area contributed by atoms with Crippen LogP contribution >= 0.6 is 0 Å². The summed E-state index contributed by atoms with van der Waals surface area (Å²) in [5.74, 6) is -0.119. The van der Waals surface area contributed by atoms with E-state index in [0.717, 1.165) is 22.3 Å². The molecule has 4 aromatic rings. The number of methoxy groups -OCH3 is 1. The molecule has 0 aliphatic rings. The molecule has 0 bridgehead atoms. The molecular formula is C20H17N5O3. The number of amides is 2. The highest BCUT2D eigenvalue weighted by atomic mass is 16.5. The molecule has 2 heterocycles. The zero-order valence-corrected chi connectivity index (χ0v) is 15.0. The number of nitrogens with zero attached hydrogens (tertiary/aromatic N) is 2. The van der Waals surface area contributed by atoms with E-state index in [9.17, 15) is 9.59 Å². The number of fused-ring (bicyclic) bond motifs is 1. The number of ether oxygens (including phenoxy) is 1. The second-order valence-electron chi connectivity index (χ2n) is 6.15. The van der Waals surface area contributed by atoms with Gasteiger partial charge in [0.15, 0.2) is 0 Å². The highest BCUT2D eigenvalue weighted by molar-refractivity contribution is 6.06. The Morgan fingerprint density at radius 3 is 2.57 bits per heavy atom. The highest BCUT2D eigenvalue weighted by Gasteiger charge is 2.11. The van der Waals surface area contributed by atoms with Crippen molar-refractivity contribution in [3.63, 3.8) is 0 Å². The van der Waals surface area contributed by atoms with Gasteiger partial charge in [-0.25, -0.2) is 4.68 Å². The number of benzene rings is 2. The molecule has 4 rings (SSSR count). The van der Waals surface area contributed by atoms with Gasteiger partial charge in [0.1, 0.15) is 17.1 Å². The number of nitrogens with two attached hydrogens (primary N) is 1. The van der Waals surface area contributed by atoms with Gasteiger partial charge in [-0.2, -0.15) is 5.10 Å². The first-order valence-electron chi connectivity index (χ1n) is 8.47. The fourth-order valence-corrected chi connectivity index (χ4v) is 2.85. The van der Waals surface area contributed by atoms with Crippen molar-refractivity contribution in [3.8, 4) is 11.4 Å². The number of carbonyl (C=O) groups is 2. The van der Waals surface area contributed by atoms with Crippen molar-refractivity contribution < 1.29 is 14.3 Å². The van der Waals surface area contributed by atoms with E-state index in [1.54, 1.807) is 49.7 Å². The molecule has 0 radical (unpaired) electrons. The Kier molecular flexibility index (Phi) is 4.29. The van der Waals surface area contributed by atoms with Crippen molar-refractivity contribution in [2.45, 2.75) is 0 Å². The van der Waals surface area contributed by atoms with Crippen molar-refractivity contribution in [2.75, 3.05) is 12.4 Å². The number of aromatic amines is 1. The van der Waals surface area contributed by atoms with Crippen LogP contribution in [-0.2, 0) is 0 Å². The molecule has 4 N–H and O–H groups in total. The summed E-state index contributed by atoms with van der Waals surface area (Å²) in [6.07, 6.45) is 1.65. The third-order valence-corrected chi connectivity index (χ3v) is 4.31. The van der Waals surface area contributed by atoms with E-state index in [1.165, 1.54) is 4.68 Å². The van der Waals surface area contributed by atoms with Gasteiger partial charge in [-0.15, -0.1) is 0 Å². The third-order valence-electron chi connectivity index (χ3n) is 4.31. The number of rotatable bonds is 5. The molecule has 28 heavy (non-hydrogen) atoms. The molecule has 2 aromatic carbocycles. The van der Waals surface area contributed by atoms with Gasteiger partial charge in [0.05, 0.1) is 12.8 Å². The Bertz CT molecular complexity index is 1170. The van der Waals surface area contributed by atoms with Crippen LogP contribution in [0.25, 0.3) is 16.6 Å². The lowest BCUT2D eigenvalue weighted by molar-refractivity contribution is 0.0992. The molecular weight excluding hydrogens is 358 g/mol. The van der Waals surface area contributed by atoms with Gasteiger partial charge in [-0.3, -0.25) is 9.59 Å². The Morgan fingerprint density at radius 1 is 1.11 bits per heavy atom. The van der Waals surface area contributed by atoms with E-state index in [2.05, 4.69) is 15.4 Å². The molecule has 0 unspecified atom stereocenters. The number of carbonyl (C=O) groups excluding carboxylic acids is 2. The summed E-state index contributed by atoms with van der Waals surface area (Å²) < 4.78 is 6.74. The fourth-order valence-electron chi connectivity index (χ4n) is 2.85. The maximum absolute atomic E-state index is 12.5. The second kappa shape index (κ2) is 6.92. The van der Waals surface area contributed by atoms with Crippen molar-refractivity contribution >= 4 is 28.4 Å². The van der Waals surface area contributed by atoms with Gasteiger partial charge in [0.25, 0.3) is 11.8 Å². The average molecular weight is 375 g/mol. The van der Waals surface area contributed by atoms with Crippen molar-refractivity contribution in [3.05, 3.63) is 72.2 Å². The number of nitrogens with one attached hydrogen (secondary N) is 2. The highest BCUT2D eigenvalue weighted by Crippen LogP contribution is 2.22. The number of H-pyrrole nitrogens is 1. The Balaban J connectivity index is 1.50. The van der Waals surface area contributed by atoms with Gasteiger partial charge in [-0.05, 0) is 48.5 Å². The summed E-state index contributed by atoms with van der Waals surface area (Å²) in [5, 5.41) is 7.86. The molecule has 8 nitrogen and oxygen atoms in total. The van der Waals surface area contributed by atoms with Crippen LogP contribution < -0.4 is 15.8 Å². The van der Waals surface area contributed by atoms with Gasteiger partial charge >= 0.3 is 0 Å². The summed E-state index contributed by atoms with van der Waals surface area (Å²) in [6, 6.07) is 16.0. The molecule has 0 saturated carbocycles. The third kappa shape index (κ3) is 3.30. The maximum Gasteiger partial charge on any atom is 0.272 e. The standard InChI is InChI=1S/C20H17N5O3/c1-28-15-7-2-12-10-18(23-17(12)11-15)20(27)22-13-3-5-14(6-4-13)25-9-8-16(24-25)19(21)26/h2-11,23H,1H3,(H2,21,26)(H,22,27). The minimum atomic E-state index is -0.585. The van der Waals surface area contributed by atoms with E-state index >= 15 is 0 Å². The van der Waals surface area contributed by atoms with Gasteiger partial charge < -0.3 is 20.8 Å². The summed E-state index contributed by atoms with van der Waals surface area (Å²) in [6.45, 7) is 0. The lowest BCUT2D eigenvalue weighted by atomic mass is 10.2. The predicted molar refractivity (Wildman–Crippen MR) is 105 cm³/mol. The van der Waals surface area contributed by atoms with Crippen LogP contribution in [0.1, 0.15) is 21.0 Å². The van der Waals surface area contributed by atoms with Crippen LogP contribution in [0.5, 0.6) is 5.75 Å². The van der Waals surface area contributed by atoms with E-state index in [4.69, 9.17) is 10.5 Å². The van der Waals surface area contributed by atoms with Crippen molar-refractivity contribution in [1.29, 1.82) is 0 Å². The van der Waals surface area contributed by atoms with E-state index in [1.807, 2.05) is 18.2 Å². The zero-order valence-electron chi connectivity index (χ0n) is 15.0. The number of hydrogen-bond donors (Lipinski definition) is 3. The monoisotopic (exact) mass is 375 g/mol. The van der Waals surface area contributed by atoms with Gasteiger partial charge in [0, 0.05) is 28.9 Å². The number of hydrogen-bond acceptors (Lipinski definition) is 4. The summed E-state index contributed by atoms with van der Waals surface area (Å²) in [4.78, 5) is 26.8. The molecule has 140 valence electrons. The molecule has 0 atom stereocenters. The normalized spacial score (nSPS) is 10.8. The Morgan fingerprint density at radius 2 is 1.89 bits per heavy atom. The van der Waals surface area contributed by atoms with Crippen LogP contribution in [-0.4, -0.2) is 33.7 Å². The molecule has 0 spiro atoms. The molecule has 0 saturated heterocycles. The number of aromatic nitrogens is 3. The lowest BCUT2D eigenvalue weighted by Crippen LogP contribution is -2.13. The van der Waals surface area contributed by atoms with Crippen molar-refractivity contribution in [2.24, 2.45) is 5.73 Å². The summed E-state index contributed by atoms with van der Waals surface area (Å²) in [5.41, 5.74) is 8.04. The van der Waals surface area contributed by atoms with Gasteiger partial charge in [-0.1, -0.05) is 0 Å². The molecule has 2 amide bonds. The minimum Gasteiger partial charge on any atom is -0.497 e. The SMILES string of the molecule is COc1ccc2cc(C(=O)Nc3ccc(-n4ccc(C(N)=O)n4)cc3)[nH]c2c1. The van der Waals surface area contributed by atoms with E-state index < -0.39 is 5.91 Å². The van der Waals surface area contributed by atoms with Crippen molar-refractivity contribution in [1.82, 2.24) is 14.8 Å². The average Bonchev–Trinajstić information content (AvgIpc) is 3.35. The molecule has 0 aliphatic carbocycles. The summed E-state index contributed by atoms with van der Waals surface area (Å²) >= 11 is 0. The Labute approximate surface area is 159 Å². The smallest absolute Gasteiger partial charge is 0.272 e. The van der Waals surface area contributed by atoms with Gasteiger partial charge in [0.2, 0.25) is 0 Å². The quantitative estimate of drug-likeness (QED) is 0.497. The largest absolute Gasteiger partial charge is 0.497 e. The topological polar surface area (TPSA) is 115 Å². The maximum atomic E-state index is 12.5. The number of primary amides is 1. The molecule has 2 aromatic heterocycles. The number of anilines is 1. The first kappa shape index (κ1) is 17.3. The lowest BCUT2D eigenvalue weighted by Gasteiger charge is -2.06. The van der Waals surface area contributed by atoms with Crippen LogP contribution in [0, 0.1) is 0 Å². The van der Waals surface area contributed by atoms with E-state index in [-0.39, 0.29) is 11.6 Å². The minimum absolute atomic E-state index is 0.188. The van der Waals surface area contributed by atoms with Crippen LogP contribution in [0.15, 0.2) is 60.8 Å². The fraction of sp³-hybridized carbons (Fsp3) is 0.0500. The van der Waals surface area contributed by atoms with Crippen LogP contribution in [0.3, 0.4) is 0 Å². The first-order chi connectivity index (χ1) is 13.5. The van der Waals surface area contributed by atoms with Crippen LogP contribution in [0.4, 0.5) is 5.69 Å². The van der Waals surface area contributed by atoms with E-state index in [0.29, 0.717) is 11.4 Å². The summed E-state index contributed by atoms with van der Waals surface area (Å²) in [7, 11) is 1.60. The predicted octanol–water partition coefficient (Wildman–Crippen LogP) is 2.71. The second-order valence-corrected chi connectivity index (χ2v) is 6.15. The molecule has 0 fully saturated rings. The first-order valence-corrected chi connectivity index (χ1v) is 8.47. The molecule has 8 heteroatoms. The Hall–Kier alpha value is -4.07. The zero-order chi connectivity index (χ0) is 19.7. The molecule has 0 aliphatic heterocycles.